The number of hydrogen-bond acceptors (Lipinski definition) is 6. The molecule has 1 heterocycles. The molecule has 0 aromatic heterocycles. The summed E-state index contributed by atoms with van der Waals surface area (Å²) in [4.78, 5) is 50.1. The summed E-state index contributed by atoms with van der Waals surface area (Å²) in [5.74, 6) is -3.13. The molecule has 1 aliphatic heterocycles. The van der Waals surface area contributed by atoms with E-state index < -0.39 is 40.6 Å². The summed E-state index contributed by atoms with van der Waals surface area (Å²) in [6.07, 6.45) is 0.728. The zero-order chi connectivity index (χ0) is 18.8. The number of nitro groups is 1. The Hall–Kier alpha value is -2.77. The average molecular weight is 348 g/mol. The number of hydrogen-bond donors (Lipinski definition) is 0. The molecule has 1 aromatic rings. The molecule has 25 heavy (non-hydrogen) atoms. The maximum absolute atomic E-state index is 13.2. The fraction of sp³-hybridized carbons (Fsp3) is 0.471. The predicted molar refractivity (Wildman–Crippen MR) is 88.9 cm³/mol. The van der Waals surface area contributed by atoms with Gasteiger partial charge in [0.1, 0.15) is 0 Å². The van der Waals surface area contributed by atoms with E-state index in [-0.39, 0.29) is 17.7 Å². The number of amides is 1. The first-order chi connectivity index (χ1) is 11.8. The minimum Gasteiger partial charge on any atom is -0.467 e. The SMILES string of the molecule is CCC[C@@H](C[N+](=O)[O-])[C@@]1(C(=O)OC)C(=O)c2ccccc2N1C(C)=O. The summed E-state index contributed by atoms with van der Waals surface area (Å²) in [5, 5.41) is 11.2. The van der Waals surface area contributed by atoms with Gasteiger partial charge in [0.15, 0.2) is 0 Å². The predicted octanol–water partition coefficient (Wildman–Crippen LogP) is 1.84. The number of para-hydroxylation sites is 1. The molecule has 0 radical (unpaired) electrons. The molecule has 2 rings (SSSR count). The van der Waals surface area contributed by atoms with Crippen LogP contribution >= 0.6 is 0 Å². The van der Waals surface area contributed by atoms with Gasteiger partial charge in [0.2, 0.25) is 23.8 Å². The van der Waals surface area contributed by atoms with Crippen molar-refractivity contribution < 1.29 is 24.0 Å². The van der Waals surface area contributed by atoms with E-state index in [1.165, 1.54) is 13.0 Å². The van der Waals surface area contributed by atoms with Crippen molar-refractivity contribution in [3.05, 3.63) is 39.9 Å². The van der Waals surface area contributed by atoms with E-state index in [1.807, 2.05) is 0 Å². The number of fused-ring (bicyclic) bond motifs is 1. The van der Waals surface area contributed by atoms with Crippen LogP contribution < -0.4 is 4.90 Å². The molecule has 1 aliphatic rings. The van der Waals surface area contributed by atoms with Gasteiger partial charge in [-0.15, -0.1) is 0 Å². The molecule has 0 fully saturated rings. The first-order valence-corrected chi connectivity index (χ1v) is 7.97. The van der Waals surface area contributed by atoms with Gasteiger partial charge in [-0.25, -0.2) is 4.79 Å². The molecule has 8 heteroatoms. The van der Waals surface area contributed by atoms with Crippen LogP contribution in [0.4, 0.5) is 5.69 Å². The lowest BCUT2D eigenvalue weighted by Gasteiger charge is -2.38. The average Bonchev–Trinajstić information content (AvgIpc) is 2.84. The number of anilines is 1. The smallest absolute Gasteiger partial charge is 0.340 e. The Balaban J connectivity index is 2.78. The number of esters is 1. The molecule has 0 aliphatic carbocycles. The molecule has 1 aromatic carbocycles. The van der Waals surface area contributed by atoms with E-state index >= 15 is 0 Å². The van der Waals surface area contributed by atoms with Crippen molar-refractivity contribution in [2.75, 3.05) is 18.6 Å². The maximum Gasteiger partial charge on any atom is 0.340 e. The number of ketones is 1. The van der Waals surface area contributed by atoms with Crippen LogP contribution in [0.15, 0.2) is 24.3 Å². The molecular weight excluding hydrogens is 328 g/mol. The fourth-order valence-electron chi connectivity index (χ4n) is 3.61. The normalized spacial score (nSPS) is 20.1. The van der Waals surface area contributed by atoms with Gasteiger partial charge >= 0.3 is 5.97 Å². The Morgan fingerprint density at radius 2 is 2.00 bits per heavy atom. The molecule has 134 valence electrons. The second-order valence-corrected chi connectivity index (χ2v) is 5.96. The molecular formula is C17H20N2O6. The third kappa shape index (κ3) is 2.77. The molecule has 8 nitrogen and oxygen atoms in total. The van der Waals surface area contributed by atoms with E-state index in [2.05, 4.69) is 0 Å². The number of carbonyl (C=O) groups excluding carboxylic acids is 3. The number of carbonyl (C=O) groups is 3. The van der Waals surface area contributed by atoms with Crippen molar-refractivity contribution >= 4 is 23.3 Å². The molecule has 0 spiro atoms. The Labute approximate surface area is 144 Å². The Morgan fingerprint density at radius 1 is 1.36 bits per heavy atom. The lowest BCUT2D eigenvalue weighted by molar-refractivity contribution is -0.489. The third-order valence-corrected chi connectivity index (χ3v) is 4.50. The lowest BCUT2D eigenvalue weighted by atomic mass is 9.76. The van der Waals surface area contributed by atoms with Crippen molar-refractivity contribution in [3.63, 3.8) is 0 Å². The Bertz CT molecular complexity index is 732. The highest BCUT2D eigenvalue weighted by Gasteiger charge is 2.64. The first kappa shape index (κ1) is 18.6. The standard InChI is InChI=1S/C17H20N2O6/c1-4-7-12(10-18(23)24)17(16(22)25-3)15(21)13-8-5-6-9-14(13)19(17)11(2)20/h5-6,8-9,12H,4,7,10H2,1-3H3/t12-,17-/m0/s1. The van der Waals surface area contributed by atoms with E-state index in [4.69, 9.17) is 4.74 Å². The minimum absolute atomic E-state index is 0.188. The van der Waals surface area contributed by atoms with Gasteiger partial charge in [-0.05, 0) is 18.6 Å². The maximum atomic E-state index is 13.2. The van der Waals surface area contributed by atoms with E-state index in [1.54, 1.807) is 25.1 Å². The Morgan fingerprint density at radius 3 is 2.52 bits per heavy atom. The number of rotatable bonds is 6. The fourth-order valence-corrected chi connectivity index (χ4v) is 3.61. The van der Waals surface area contributed by atoms with Crippen LogP contribution in [0.3, 0.4) is 0 Å². The van der Waals surface area contributed by atoms with Crippen LogP contribution in [0, 0.1) is 16.0 Å². The van der Waals surface area contributed by atoms with Crippen molar-refractivity contribution in [1.29, 1.82) is 0 Å². The lowest BCUT2D eigenvalue weighted by Crippen LogP contribution is -2.64. The molecule has 0 N–H and O–H groups in total. The van der Waals surface area contributed by atoms with Crippen LogP contribution in [0.1, 0.15) is 37.0 Å². The summed E-state index contributed by atoms with van der Waals surface area (Å²) >= 11 is 0. The van der Waals surface area contributed by atoms with Gasteiger partial charge in [-0.2, -0.15) is 0 Å². The van der Waals surface area contributed by atoms with Gasteiger partial charge < -0.3 is 4.74 Å². The number of Topliss-reactive ketones (excluding diaryl/α,β-unsaturated/α-hetero) is 1. The Kier molecular flexibility index (Phi) is 5.20. The largest absolute Gasteiger partial charge is 0.467 e. The summed E-state index contributed by atoms with van der Waals surface area (Å²) in [7, 11) is 1.10. The van der Waals surface area contributed by atoms with Gasteiger partial charge in [0.25, 0.3) is 0 Å². The molecule has 2 atom stereocenters. The highest BCUT2D eigenvalue weighted by Crippen LogP contribution is 2.45. The van der Waals surface area contributed by atoms with Crippen LogP contribution in [0.5, 0.6) is 0 Å². The second-order valence-electron chi connectivity index (χ2n) is 5.96. The van der Waals surface area contributed by atoms with E-state index in [9.17, 15) is 24.5 Å². The third-order valence-electron chi connectivity index (χ3n) is 4.50. The number of benzene rings is 1. The monoisotopic (exact) mass is 348 g/mol. The highest BCUT2D eigenvalue weighted by molar-refractivity contribution is 6.29. The highest BCUT2D eigenvalue weighted by atomic mass is 16.6. The van der Waals surface area contributed by atoms with Crippen molar-refractivity contribution in [2.45, 2.75) is 32.2 Å². The minimum atomic E-state index is -2.05. The topological polar surface area (TPSA) is 107 Å². The van der Waals surface area contributed by atoms with Crippen molar-refractivity contribution in [2.24, 2.45) is 5.92 Å². The summed E-state index contributed by atoms with van der Waals surface area (Å²) in [6.45, 7) is 2.40. The summed E-state index contributed by atoms with van der Waals surface area (Å²) in [5.41, 5.74) is -1.59. The molecule has 0 bridgehead atoms. The number of nitrogens with zero attached hydrogens (tertiary/aromatic N) is 2. The van der Waals surface area contributed by atoms with Gasteiger partial charge in [-0.1, -0.05) is 25.5 Å². The van der Waals surface area contributed by atoms with Crippen molar-refractivity contribution in [3.8, 4) is 0 Å². The summed E-state index contributed by atoms with van der Waals surface area (Å²) in [6, 6.07) is 6.31. The molecule has 0 saturated heterocycles. The number of ether oxygens (including phenoxy) is 1. The molecule has 0 saturated carbocycles. The quantitative estimate of drug-likeness (QED) is 0.336. The van der Waals surface area contributed by atoms with Gasteiger partial charge in [0, 0.05) is 17.4 Å². The van der Waals surface area contributed by atoms with Crippen LogP contribution in [-0.2, 0) is 14.3 Å². The summed E-state index contributed by atoms with van der Waals surface area (Å²) < 4.78 is 4.85. The van der Waals surface area contributed by atoms with Crippen LogP contribution in [0.25, 0.3) is 0 Å². The first-order valence-electron chi connectivity index (χ1n) is 7.97. The number of methoxy groups -OCH3 is 1. The zero-order valence-electron chi connectivity index (χ0n) is 14.4. The second kappa shape index (κ2) is 7.00. The van der Waals surface area contributed by atoms with Crippen LogP contribution in [0.2, 0.25) is 0 Å². The van der Waals surface area contributed by atoms with Crippen molar-refractivity contribution in [1.82, 2.24) is 0 Å². The molecule has 1 amide bonds. The van der Waals surface area contributed by atoms with E-state index in [0.29, 0.717) is 6.42 Å². The van der Waals surface area contributed by atoms with E-state index in [0.717, 1.165) is 12.0 Å². The van der Waals surface area contributed by atoms with Crippen LogP contribution in [-0.4, -0.2) is 41.8 Å². The van der Waals surface area contributed by atoms with Gasteiger partial charge in [0.05, 0.1) is 18.7 Å². The molecule has 0 unspecified atom stereocenters. The van der Waals surface area contributed by atoms with Gasteiger partial charge in [-0.3, -0.25) is 24.6 Å². The zero-order valence-corrected chi connectivity index (χ0v) is 14.4.